The average Bonchev–Trinajstić information content (AvgIpc) is 2.99. The van der Waals surface area contributed by atoms with Gasteiger partial charge < -0.3 is 5.11 Å². The number of rotatable bonds is 0. The number of aromatic nitrogens is 1. The second-order valence-corrected chi connectivity index (χ2v) is 10.9. The number of hydrogen-bond donors (Lipinski definition) is 1. The molecular formula is C26H33NO. The van der Waals surface area contributed by atoms with E-state index in [9.17, 15) is 5.11 Å². The summed E-state index contributed by atoms with van der Waals surface area (Å²) in [5, 5.41) is 11.6. The monoisotopic (exact) mass is 375 g/mol. The van der Waals surface area contributed by atoms with Gasteiger partial charge in [0.1, 0.15) is 0 Å². The Morgan fingerprint density at radius 3 is 2.75 bits per heavy atom. The van der Waals surface area contributed by atoms with E-state index in [-0.39, 0.29) is 11.5 Å². The highest BCUT2D eigenvalue weighted by molar-refractivity contribution is 5.80. The molecule has 3 fully saturated rings. The minimum Gasteiger partial charge on any atom is -0.393 e. The first-order valence-corrected chi connectivity index (χ1v) is 11.6. The molecule has 3 saturated carbocycles. The van der Waals surface area contributed by atoms with Crippen LogP contribution in [0, 0.1) is 29.1 Å². The van der Waals surface area contributed by atoms with Gasteiger partial charge in [0.05, 0.1) is 17.3 Å². The first kappa shape index (κ1) is 17.4. The van der Waals surface area contributed by atoms with E-state index in [1.54, 1.807) is 0 Å². The molecule has 0 amide bonds. The number of para-hydroxylation sites is 1. The van der Waals surface area contributed by atoms with Gasteiger partial charge in [-0.25, -0.2) is 0 Å². The highest BCUT2D eigenvalue weighted by Crippen LogP contribution is 2.65. The third-order valence-electron chi connectivity index (χ3n) is 9.81. The molecular weight excluding hydrogens is 342 g/mol. The molecule has 4 aliphatic carbocycles. The molecule has 2 aromatic rings. The van der Waals surface area contributed by atoms with Crippen molar-refractivity contribution in [3.05, 3.63) is 41.6 Å². The Morgan fingerprint density at radius 1 is 1.00 bits per heavy atom. The number of aliphatic hydroxyl groups is 1. The zero-order valence-electron chi connectivity index (χ0n) is 17.3. The zero-order valence-corrected chi connectivity index (χ0v) is 17.3. The molecule has 1 heterocycles. The number of benzene rings is 1. The smallest absolute Gasteiger partial charge is 0.0705 e. The van der Waals surface area contributed by atoms with Crippen LogP contribution in [0.2, 0.25) is 0 Å². The standard InChI is InChI=1S/C26H33NO/c1-25-11-9-19(28)15-18(25)7-8-20-21(25)10-12-26(2)22(20)14-17-13-16-5-3-4-6-23(16)27-24(17)26/h3-6,13,18-22,28H,7-12,14-15H2,1-2H3/t18-,19-,20+,21-,22-,25-,26-/m0/s1. The van der Waals surface area contributed by atoms with Crippen LogP contribution in [0.25, 0.3) is 10.9 Å². The van der Waals surface area contributed by atoms with Crippen molar-refractivity contribution in [2.75, 3.05) is 0 Å². The Labute approximate surface area is 168 Å². The van der Waals surface area contributed by atoms with Gasteiger partial charge >= 0.3 is 0 Å². The van der Waals surface area contributed by atoms with Crippen LogP contribution in [-0.4, -0.2) is 16.2 Å². The highest BCUT2D eigenvalue weighted by Gasteiger charge is 2.59. The molecule has 4 aliphatic rings. The second kappa shape index (κ2) is 5.81. The van der Waals surface area contributed by atoms with Crippen LogP contribution in [0.15, 0.2) is 30.3 Å². The highest BCUT2D eigenvalue weighted by atomic mass is 16.3. The fourth-order valence-corrected chi connectivity index (χ4v) is 8.27. The SMILES string of the molecule is C[C@]12CC[C@H](O)C[C@@H]1CC[C@@H]1[C@@H]2CC[C@]2(C)c3nc4ccccc4cc3C[C@@H]12. The number of nitrogens with zero attached hydrogens (tertiary/aromatic N) is 1. The molecule has 0 radical (unpaired) electrons. The zero-order chi connectivity index (χ0) is 19.1. The van der Waals surface area contributed by atoms with E-state index < -0.39 is 0 Å². The van der Waals surface area contributed by atoms with Crippen molar-refractivity contribution in [3.63, 3.8) is 0 Å². The van der Waals surface area contributed by atoms with Crippen molar-refractivity contribution < 1.29 is 5.11 Å². The molecule has 148 valence electrons. The first-order chi connectivity index (χ1) is 13.5. The molecule has 1 aromatic carbocycles. The second-order valence-electron chi connectivity index (χ2n) is 10.9. The summed E-state index contributed by atoms with van der Waals surface area (Å²) >= 11 is 0. The largest absolute Gasteiger partial charge is 0.393 e. The van der Waals surface area contributed by atoms with Crippen molar-refractivity contribution in [2.24, 2.45) is 29.1 Å². The molecule has 28 heavy (non-hydrogen) atoms. The Kier molecular flexibility index (Phi) is 3.62. The van der Waals surface area contributed by atoms with E-state index >= 15 is 0 Å². The van der Waals surface area contributed by atoms with Crippen LogP contribution in [0.4, 0.5) is 0 Å². The van der Waals surface area contributed by atoms with Gasteiger partial charge in [0.25, 0.3) is 0 Å². The Bertz CT molecular complexity index is 937. The fourth-order valence-electron chi connectivity index (χ4n) is 8.27. The molecule has 0 bridgehead atoms. The molecule has 0 unspecified atom stereocenters. The van der Waals surface area contributed by atoms with E-state index in [1.165, 1.54) is 60.7 Å². The van der Waals surface area contributed by atoms with Gasteiger partial charge in [-0.2, -0.15) is 0 Å². The maximum Gasteiger partial charge on any atom is 0.0705 e. The topological polar surface area (TPSA) is 33.1 Å². The minimum atomic E-state index is -0.0455. The molecule has 0 aliphatic heterocycles. The summed E-state index contributed by atoms with van der Waals surface area (Å²) in [5.41, 5.74) is 4.83. The summed E-state index contributed by atoms with van der Waals surface area (Å²) in [6, 6.07) is 11.1. The van der Waals surface area contributed by atoms with E-state index in [0.717, 1.165) is 36.5 Å². The molecule has 1 aromatic heterocycles. The minimum absolute atomic E-state index is 0.0455. The lowest BCUT2D eigenvalue weighted by Gasteiger charge is -2.60. The van der Waals surface area contributed by atoms with E-state index in [4.69, 9.17) is 4.98 Å². The molecule has 2 heteroatoms. The number of fused-ring (bicyclic) bond motifs is 8. The van der Waals surface area contributed by atoms with Gasteiger partial charge in [-0.15, -0.1) is 0 Å². The van der Waals surface area contributed by atoms with Gasteiger partial charge in [-0.3, -0.25) is 4.98 Å². The van der Waals surface area contributed by atoms with Gasteiger partial charge in [-0.05, 0) is 98.1 Å². The normalized spacial score (nSPS) is 44.5. The maximum atomic E-state index is 10.3. The van der Waals surface area contributed by atoms with Gasteiger partial charge in [0, 0.05) is 10.8 Å². The van der Waals surface area contributed by atoms with E-state index in [1.807, 2.05) is 0 Å². The molecule has 0 spiro atoms. The van der Waals surface area contributed by atoms with Crippen LogP contribution in [0.1, 0.15) is 70.1 Å². The van der Waals surface area contributed by atoms with Crippen molar-refractivity contribution >= 4 is 10.9 Å². The van der Waals surface area contributed by atoms with Crippen LogP contribution in [0.3, 0.4) is 0 Å². The number of pyridine rings is 1. The lowest BCUT2D eigenvalue weighted by molar-refractivity contribution is -0.111. The van der Waals surface area contributed by atoms with Crippen LogP contribution in [-0.2, 0) is 11.8 Å². The average molecular weight is 376 g/mol. The molecule has 1 N–H and O–H groups in total. The summed E-state index contributed by atoms with van der Waals surface area (Å²) in [6.07, 6.45) is 9.83. The van der Waals surface area contributed by atoms with Crippen LogP contribution < -0.4 is 0 Å². The fraction of sp³-hybridized carbons (Fsp3) is 0.654. The Morgan fingerprint density at radius 2 is 1.86 bits per heavy atom. The molecule has 2 nitrogen and oxygen atoms in total. The van der Waals surface area contributed by atoms with Crippen LogP contribution >= 0.6 is 0 Å². The molecule has 7 atom stereocenters. The Balaban J connectivity index is 1.39. The first-order valence-electron chi connectivity index (χ1n) is 11.6. The third-order valence-corrected chi connectivity index (χ3v) is 9.81. The van der Waals surface area contributed by atoms with Gasteiger partial charge in [-0.1, -0.05) is 32.0 Å². The lowest BCUT2D eigenvalue weighted by atomic mass is 9.45. The summed E-state index contributed by atoms with van der Waals surface area (Å²) < 4.78 is 0. The number of aliphatic hydroxyl groups excluding tert-OH is 1. The van der Waals surface area contributed by atoms with Crippen LogP contribution in [0.5, 0.6) is 0 Å². The van der Waals surface area contributed by atoms with Gasteiger partial charge in [0.2, 0.25) is 0 Å². The Hall–Kier alpha value is -1.41. The predicted molar refractivity (Wildman–Crippen MR) is 113 cm³/mol. The number of hydrogen-bond acceptors (Lipinski definition) is 2. The van der Waals surface area contributed by atoms with Gasteiger partial charge in [0.15, 0.2) is 0 Å². The molecule has 0 saturated heterocycles. The summed E-state index contributed by atoms with van der Waals surface area (Å²) in [4.78, 5) is 5.23. The lowest BCUT2D eigenvalue weighted by Crippen LogP contribution is -2.54. The predicted octanol–water partition coefficient (Wildman–Crippen LogP) is 5.65. The van der Waals surface area contributed by atoms with E-state index in [0.29, 0.717) is 5.41 Å². The van der Waals surface area contributed by atoms with Crippen molar-refractivity contribution in [1.82, 2.24) is 4.98 Å². The van der Waals surface area contributed by atoms with Crippen molar-refractivity contribution in [1.29, 1.82) is 0 Å². The summed E-state index contributed by atoms with van der Waals surface area (Å²) in [6.45, 7) is 5.11. The maximum absolute atomic E-state index is 10.3. The van der Waals surface area contributed by atoms with Crippen molar-refractivity contribution in [2.45, 2.75) is 76.7 Å². The summed E-state index contributed by atoms with van der Waals surface area (Å²) in [5.74, 6) is 3.19. The summed E-state index contributed by atoms with van der Waals surface area (Å²) in [7, 11) is 0. The van der Waals surface area contributed by atoms with Crippen molar-refractivity contribution in [3.8, 4) is 0 Å². The van der Waals surface area contributed by atoms with E-state index in [2.05, 4.69) is 44.2 Å². The third kappa shape index (κ3) is 2.22. The molecule has 6 rings (SSSR count). The quantitative estimate of drug-likeness (QED) is 0.645.